The van der Waals surface area contributed by atoms with Crippen LogP contribution < -0.4 is 5.32 Å². The van der Waals surface area contributed by atoms with Crippen LogP contribution >= 0.6 is 0 Å². The first-order chi connectivity index (χ1) is 16.6. The van der Waals surface area contributed by atoms with Gasteiger partial charge in [-0.25, -0.2) is 9.18 Å². The van der Waals surface area contributed by atoms with E-state index >= 15 is 0 Å². The molecule has 7 heteroatoms. The molecule has 0 aliphatic carbocycles. The molecule has 2 amide bonds. The largest absolute Gasteiger partial charge is 0.395 e. The Bertz CT molecular complexity index is 1120. The first kappa shape index (κ1) is 22.5. The van der Waals surface area contributed by atoms with Crippen molar-refractivity contribution in [3.05, 3.63) is 84.4 Å². The number of anilines is 1. The maximum absolute atomic E-state index is 13.6. The fraction of sp³-hybridized carbons (Fsp3) is 0.333. The Morgan fingerprint density at radius 2 is 1.76 bits per heavy atom. The number of rotatable bonds is 4. The number of benzene rings is 2. The van der Waals surface area contributed by atoms with Gasteiger partial charge < -0.3 is 15.3 Å². The third-order valence-electron chi connectivity index (χ3n) is 7.04. The Morgan fingerprint density at radius 3 is 2.50 bits per heavy atom. The molecule has 0 unspecified atom stereocenters. The van der Waals surface area contributed by atoms with E-state index in [4.69, 9.17) is 0 Å². The molecular weight excluding hydrogens is 431 g/mol. The summed E-state index contributed by atoms with van der Waals surface area (Å²) in [6.07, 6.45) is 5.42. The number of amides is 2. The molecule has 2 aromatic carbocycles. The summed E-state index contributed by atoms with van der Waals surface area (Å²) in [7, 11) is 0. The number of aliphatic hydroxyl groups is 1. The lowest BCUT2D eigenvalue weighted by molar-refractivity contribution is -0.0585. The molecule has 2 aliphatic rings. The standard InChI is InChI=1S/C27H29FN4O2/c28-22-4-3-5-23(16-22)30-27(34)31-14-1-2-15-32-24(17-31)26(25(32)18-33)21-8-6-19(7-9-21)20-10-12-29-13-11-20/h3-13,16,24-26,33H,1-2,14-15,17-18H2,(H,30,34)/t24-,25+,26-/m0/s1. The first-order valence-corrected chi connectivity index (χ1v) is 11.8. The van der Waals surface area contributed by atoms with Crippen molar-refractivity contribution in [1.29, 1.82) is 0 Å². The summed E-state index contributed by atoms with van der Waals surface area (Å²) in [6, 6.07) is 18.4. The number of nitrogens with one attached hydrogen (secondary N) is 1. The molecule has 0 spiro atoms. The molecule has 0 radical (unpaired) electrons. The summed E-state index contributed by atoms with van der Waals surface area (Å²) in [6.45, 7) is 2.22. The lowest BCUT2D eigenvalue weighted by Gasteiger charge is -2.57. The Labute approximate surface area is 199 Å². The van der Waals surface area contributed by atoms with Crippen LogP contribution in [0, 0.1) is 5.82 Å². The lowest BCUT2D eigenvalue weighted by Crippen LogP contribution is -2.68. The van der Waals surface area contributed by atoms with Crippen molar-refractivity contribution in [3.8, 4) is 11.1 Å². The molecule has 3 heterocycles. The topological polar surface area (TPSA) is 68.7 Å². The number of carbonyl (C=O) groups is 1. The summed E-state index contributed by atoms with van der Waals surface area (Å²) in [5, 5.41) is 13.0. The SMILES string of the molecule is O=C(Nc1cccc(F)c1)N1CCCCN2[C@H](CO)[C@@H](c3ccc(-c4ccncc4)cc3)[C@@H]2C1. The molecule has 34 heavy (non-hydrogen) atoms. The minimum absolute atomic E-state index is 0.0444. The fourth-order valence-corrected chi connectivity index (χ4v) is 5.34. The second-order valence-electron chi connectivity index (χ2n) is 9.03. The molecule has 0 bridgehead atoms. The number of hydrogen-bond donors (Lipinski definition) is 2. The molecule has 0 saturated carbocycles. The quantitative estimate of drug-likeness (QED) is 0.608. The van der Waals surface area contributed by atoms with Crippen LogP contribution in [0.25, 0.3) is 11.1 Å². The van der Waals surface area contributed by atoms with E-state index in [-0.39, 0.29) is 36.5 Å². The van der Waals surface area contributed by atoms with Gasteiger partial charge in [0.25, 0.3) is 0 Å². The Kier molecular flexibility index (Phi) is 6.56. The van der Waals surface area contributed by atoms with Gasteiger partial charge in [0, 0.05) is 49.2 Å². The van der Waals surface area contributed by atoms with Gasteiger partial charge in [-0.3, -0.25) is 9.88 Å². The first-order valence-electron chi connectivity index (χ1n) is 11.8. The van der Waals surface area contributed by atoms with Gasteiger partial charge in [0.1, 0.15) is 5.82 Å². The van der Waals surface area contributed by atoms with Gasteiger partial charge in [0.2, 0.25) is 0 Å². The Balaban J connectivity index is 1.34. The van der Waals surface area contributed by atoms with Crippen LogP contribution in [0.5, 0.6) is 0 Å². The van der Waals surface area contributed by atoms with Crippen molar-refractivity contribution in [3.63, 3.8) is 0 Å². The highest BCUT2D eigenvalue weighted by atomic mass is 19.1. The second kappa shape index (κ2) is 9.91. The number of hydrogen-bond acceptors (Lipinski definition) is 4. The number of halogens is 1. The molecule has 2 N–H and O–H groups in total. The highest BCUT2D eigenvalue weighted by Crippen LogP contribution is 2.42. The van der Waals surface area contributed by atoms with Gasteiger partial charge in [0.15, 0.2) is 0 Å². The third kappa shape index (κ3) is 4.54. The smallest absolute Gasteiger partial charge is 0.321 e. The number of aliphatic hydroxyl groups excluding tert-OH is 1. The zero-order chi connectivity index (χ0) is 23.5. The summed E-state index contributed by atoms with van der Waals surface area (Å²) in [5.41, 5.74) is 3.86. The van der Waals surface area contributed by atoms with Crippen LogP contribution in [0.3, 0.4) is 0 Å². The van der Waals surface area contributed by atoms with Crippen molar-refractivity contribution >= 4 is 11.7 Å². The van der Waals surface area contributed by atoms with Crippen LogP contribution in [0.1, 0.15) is 24.3 Å². The molecule has 176 valence electrons. The van der Waals surface area contributed by atoms with E-state index < -0.39 is 0 Å². The molecule has 2 saturated heterocycles. The number of pyridine rings is 1. The second-order valence-corrected chi connectivity index (χ2v) is 9.03. The van der Waals surface area contributed by atoms with Gasteiger partial charge in [-0.1, -0.05) is 30.3 Å². The van der Waals surface area contributed by atoms with Crippen molar-refractivity contribution in [1.82, 2.24) is 14.8 Å². The Morgan fingerprint density at radius 1 is 1.03 bits per heavy atom. The molecule has 1 aromatic heterocycles. The van der Waals surface area contributed by atoms with Crippen LogP contribution in [-0.2, 0) is 0 Å². The average Bonchev–Trinajstić information content (AvgIpc) is 2.84. The van der Waals surface area contributed by atoms with E-state index in [1.165, 1.54) is 17.7 Å². The van der Waals surface area contributed by atoms with E-state index in [9.17, 15) is 14.3 Å². The van der Waals surface area contributed by atoms with Gasteiger partial charge in [0.05, 0.1) is 6.61 Å². The van der Waals surface area contributed by atoms with Crippen molar-refractivity contribution in [2.24, 2.45) is 0 Å². The van der Waals surface area contributed by atoms with Crippen LogP contribution in [-0.4, -0.2) is 64.2 Å². The summed E-state index contributed by atoms with van der Waals surface area (Å²) < 4.78 is 13.6. The fourth-order valence-electron chi connectivity index (χ4n) is 5.34. The number of nitrogens with zero attached hydrogens (tertiary/aromatic N) is 3. The zero-order valence-corrected chi connectivity index (χ0v) is 19.0. The molecule has 6 nitrogen and oxygen atoms in total. The highest BCUT2D eigenvalue weighted by Gasteiger charge is 2.49. The van der Waals surface area contributed by atoms with Crippen molar-refractivity contribution in [2.75, 3.05) is 31.6 Å². The van der Waals surface area contributed by atoms with Crippen molar-refractivity contribution < 1.29 is 14.3 Å². The van der Waals surface area contributed by atoms with Gasteiger partial charge in [-0.15, -0.1) is 0 Å². The van der Waals surface area contributed by atoms with Crippen LogP contribution in [0.15, 0.2) is 73.1 Å². The Hall–Kier alpha value is -3.29. The van der Waals surface area contributed by atoms with E-state index in [1.54, 1.807) is 24.5 Å². The molecule has 5 rings (SSSR count). The van der Waals surface area contributed by atoms with Crippen LogP contribution in [0.2, 0.25) is 0 Å². The minimum atomic E-state index is -0.378. The number of aromatic nitrogens is 1. The van der Waals surface area contributed by atoms with E-state index in [1.807, 2.05) is 17.0 Å². The minimum Gasteiger partial charge on any atom is -0.395 e. The van der Waals surface area contributed by atoms with Gasteiger partial charge >= 0.3 is 6.03 Å². The van der Waals surface area contributed by atoms with Gasteiger partial charge in [-0.2, -0.15) is 0 Å². The average molecular weight is 461 g/mol. The predicted octanol–water partition coefficient (Wildman–Crippen LogP) is 4.34. The van der Waals surface area contributed by atoms with E-state index in [2.05, 4.69) is 39.5 Å². The number of fused-ring (bicyclic) bond motifs is 1. The van der Waals surface area contributed by atoms with E-state index in [0.717, 1.165) is 30.5 Å². The summed E-state index contributed by atoms with van der Waals surface area (Å²) >= 11 is 0. The maximum Gasteiger partial charge on any atom is 0.321 e. The van der Waals surface area contributed by atoms with E-state index in [0.29, 0.717) is 18.8 Å². The summed E-state index contributed by atoms with van der Waals surface area (Å²) in [5.74, 6) is -0.240. The molecule has 3 aromatic rings. The molecule has 2 fully saturated rings. The monoisotopic (exact) mass is 460 g/mol. The molecule has 2 aliphatic heterocycles. The number of urea groups is 1. The van der Waals surface area contributed by atoms with Crippen LogP contribution in [0.4, 0.5) is 14.9 Å². The zero-order valence-electron chi connectivity index (χ0n) is 19.0. The number of carbonyl (C=O) groups excluding carboxylic acids is 1. The third-order valence-corrected chi connectivity index (χ3v) is 7.04. The van der Waals surface area contributed by atoms with Crippen molar-refractivity contribution in [2.45, 2.75) is 30.8 Å². The summed E-state index contributed by atoms with van der Waals surface area (Å²) in [4.78, 5) is 21.3. The normalized spacial score (nSPS) is 22.8. The highest BCUT2D eigenvalue weighted by molar-refractivity contribution is 5.89. The maximum atomic E-state index is 13.6. The molecule has 3 atom stereocenters. The van der Waals surface area contributed by atoms with Gasteiger partial charge in [-0.05, 0) is 66.4 Å². The lowest BCUT2D eigenvalue weighted by atomic mass is 9.74. The predicted molar refractivity (Wildman–Crippen MR) is 130 cm³/mol. The molecular formula is C27H29FN4O2.